The molecule has 0 amide bonds. The Bertz CT molecular complexity index is 515. The van der Waals surface area contributed by atoms with Gasteiger partial charge in [-0.25, -0.2) is 0 Å². The highest BCUT2D eigenvalue weighted by Crippen LogP contribution is 2.29. The third kappa shape index (κ3) is 5.19. The van der Waals surface area contributed by atoms with Crippen LogP contribution in [0.5, 0.6) is 0 Å². The van der Waals surface area contributed by atoms with Gasteiger partial charge in [0.2, 0.25) is 0 Å². The number of benzene rings is 1. The number of thioether (sulfide) groups is 1. The number of ether oxygens (including phenoxy) is 2. The molecule has 0 radical (unpaired) electrons. The first kappa shape index (κ1) is 17.1. The van der Waals surface area contributed by atoms with Gasteiger partial charge in [-0.2, -0.15) is 24.9 Å². The predicted molar refractivity (Wildman–Crippen MR) is 82.6 cm³/mol. The van der Waals surface area contributed by atoms with Crippen LogP contribution in [-0.4, -0.2) is 31.0 Å². The summed E-state index contributed by atoms with van der Waals surface area (Å²) >= 11 is 1.71. The van der Waals surface area contributed by atoms with Crippen molar-refractivity contribution in [1.82, 2.24) is 0 Å². The Hall–Kier alpha value is -1.24. The van der Waals surface area contributed by atoms with Crippen molar-refractivity contribution >= 4 is 17.8 Å². The molecule has 0 aromatic heterocycles. The Balaban J connectivity index is 1.83. The standard InChI is InChI=1S/C16H17F3O2S/c1-22-14-10-20-15(21-11-14)5-3-2-4-12-6-8-13(9-7-12)16(17,18)19/h2-9,14-15H,10-11H2,1H3. The quantitative estimate of drug-likeness (QED) is 0.763. The fraction of sp³-hybridized carbons (Fsp3) is 0.375. The molecule has 22 heavy (non-hydrogen) atoms. The lowest BCUT2D eigenvalue weighted by atomic mass is 10.1. The van der Waals surface area contributed by atoms with Gasteiger partial charge in [-0.3, -0.25) is 0 Å². The second-order valence-corrected chi connectivity index (χ2v) is 5.89. The Kier molecular flexibility index (Phi) is 6.11. The van der Waals surface area contributed by atoms with Gasteiger partial charge >= 0.3 is 6.18 Å². The fourth-order valence-corrected chi connectivity index (χ4v) is 2.28. The third-order valence-electron chi connectivity index (χ3n) is 3.13. The van der Waals surface area contributed by atoms with Crippen molar-refractivity contribution < 1.29 is 22.6 Å². The number of alkyl halides is 3. The van der Waals surface area contributed by atoms with Gasteiger partial charge in [0.05, 0.1) is 24.0 Å². The van der Waals surface area contributed by atoms with E-state index in [4.69, 9.17) is 9.47 Å². The van der Waals surface area contributed by atoms with Gasteiger partial charge < -0.3 is 9.47 Å². The van der Waals surface area contributed by atoms with Gasteiger partial charge in [0.25, 0.3) is 0 Å². The van der Waals surface area contributed by atoms with Crippen LogP contribution in [0.15, 0.2) is 42.5 Å². The van der Waals surface area contributed by atoms with Crippen LogP contribution >= 0.6 is 11.8 Å². The van der Waals surface area contributed by atoms with E-state index in [1.807, 2.05) is 6.26 Å². The van der Waals surface area contributed by atoms with E-state index in [9.17, 15) is 13.2 Å². The topological polar surface area (TPSA) is 18.5 Å². The highest BCUT2D eigenvalue weighted by molar-refractivity contribution is 7.99. The molecule has 0 N–H and O–H groups in total. The molecule has 1 aromatic carbocycles. The van der Waals surface area contributed by atoms with Crippen molar-refractivity contribution in [3.05, 3.63) is 53.6 Å². The summed E-state index contributed by atoms with van der Waals surface area (Å²) in [6.07, 6.45) is 4.37. The van der Waals surface area contributed by atoms with Gasteiger partial charge in [0.15, 0.2) is 6.29 Å². The van der Waals surface area contributed by atoms with Gasteiger partial charge in [-0.1, -0.05) is 30.4 Å². The van der Waals surface area contributed by atoms with Crippen molar-refractivity contribution in [3.8, 4) is 0 Å². The smallest absolute Gasteiger partial charge is 0.348 e. The lowest BCUT2D eigenvalue weighted by molar-refractivity contribution is -0.146. The molecule has 1 saturated heterocycles. The minimum absolute atomic E-state index is 0.361. The average molecular weight is 330 g/mol. The monoisotopic (exact) mass is 330 g/mol. The Morgan fingerprint density at radius 1 is 1.09 bits per heavy atom. The second-order valence-electron chi connectivity index (χ2n) is 4.76. The molecule has 120 valence electrons. The molecule has 2 nitrogen and oxygen atoms in total. The zero-order valence-electron chi connectivity index (χ0n) is 12.0. The first-order valence-corrected chi connectivity index (χ1v) is 8.06. The molecule has 0 spiro atoms. The zero-order chi connectivity index (χ0) is 16.0. The van der Waals surface area contributed by atoms with Gasteiger partial charge in [0.1, 0.15) is 0 Å². The minimum Gasteiger partial charge on any atom is -0.348 e. The SMILES string of the molecule is CSC1COC(C=CC=Cc2ccc(C(F)(F)F)cc2)OC1. The third-order valence-corrected chi connectivity index (χ3v) is 4.07. The number of hydrogen-bond acceptors (Lipinski definition) is 3. The summed E-state index contributed by atoms with van der Waals surface area (Å²) in [6, 6.07) is 5.01. The van der Waals surface area contributed by atoms with Gasteiger partial charge in [-0.15, -0.1) is 0 Å². The summed E-state index contributed by atoms with van der Waals surface area (Å²) in [5.74, 6) is 0. The van der Waals surface area contributed by atoms with Crippen molar-refractivity contribution in [2.75, 3.05) is 19.5 Å². The zero-order valence-corrected chi connectivity index (χ0v) is 12.9. The van der Waals surface area contributed by atoms with Crippen molar-refractivity contribution in [1.29, 1.82) is 0 Å². The van der Waals surface area contributed by atoms with Crippen molar-refractivity contribution in [3.63, 3.8) is 0 Å². The maximum absolute atomic E-state index is 12.4. The molecule has 1 aliphatic heterocycles. The minimum atomic E-state index is -4.30. The molecule has 0 bridgehead atoms. The molecule has 0 saturated carbocycles. The molecule has 1 aromatic rings. The van der Waals surface area contributed by atoms with Crippen LogP contribution in [0.3, 0.4) is 0 Å². The normalized spacial score (nSPS) is 23.5. The fourth-order valence-electron chi connectivity index (χ4n) is 1.85. The van der Waals surface area contributed by atoms with E-state index in [1.165, 1.54) is 12.1 Å². The molecular weight excluding hydrogens is 313 g/mol. The van der Waals surface area contributed by atoms with Crippen LogP contribution in [0.1, 0.15) is 11.1 Å². The predicted octanol–water partition coefficient (Wildman–Crippen LogP) is 4.38. The van der Waals surface area contributed by atoms with Crippen LogP contribution in [-0.2, 0) is 15.7 Å². The highest BCUT2D eigenvalue weighted by atomic mass is 32.2. The van der Waals surface area contributed by atoms with Crippen LogP contribution in [0, 0.1) is 0 Å². The maximum atomic E-state index is 12.4. The average Bonchev–Trinajstić information content (AvgIpc) is 2.52. The van der Waals surface area contributed by atoms with E-state index >= 15 is 0 Å². The Morgan fingerprint density at radius 2 is 1.73 bits per heavy atom. The molecule has 0 atom stereocenters. The molecule has 1 fully saturated rings. The summed E-state index contributed by atoms with van der Waals surface area (Å²) in [4.78, 5) is 0. The van der Waals surface area contributed by atoms with Crippen molar-refractivity contribution in [2.24, 2.45) is 0 Å². The van der Waals surface area contributed by atoms with E-state index in [0.29, 0.717) is 24.0 Å². The maximum Gasteiger partial charge on any atom is 0.416 e. The molecule has 1 aliphatic rings. The number of rotatable bonds is 4. The van der Waals surface area contributed by atoms with Crippen LogP contribution in [0.4, 0.5) is 13.2 Å². The molecule has 6 heteroatoms. The Labute approximate surface area is 132 Å². The van der Waals surface area contributed by atoms with Gasteiger partial charge in [0, 0.05) is 0 Å². The lowest BCUT2D eigenvalue weighted by Crippen LogP contribution is -2.32. The summed E-state index contributed by atoms with van der Waals surface area (Å²) in [7, 11) is 0. The largest absolute Gasteiger partial charge is 0.416 e. The number of hydrogen-bond donors (Lipinski definition) is 0. The first-order valence-electron chi connectivity index (χ1n) is 6.77. The number of allylic oxidation sites excluding steroid dienone is 2. The van der Waals surface area contributed by atoms with E-state index in [0.717, 1.165) is 12.1 Å². The molecule has 1 heterocycles. The second kappa shape index (κ2) is 7.85. The van der Waals surface area contributed by atoms with E-state index in [1.54, 1.807) is 36.1 Å². The van der Waals surface area contributed by atoms with Crippen LogP contribution in [0.2, 0.25) is 0 Å². The van der Waals surface area contributed by atoms with E-state index in [2.05, 4.69) is 0 Å². The molecule has 0 unspecified atom stereocenters. The molecular formula is C16H17F3O2S. The summed E-state index contributed by atoms with van der Waals surface area (Å²) in [6.45, 7) is 1.30. The summed E-state index contributed by atoms with van der Waals surface area (Å²) in [5.41, 5.74) is 0.0538. The van der Waals surface area contributed by atoms with Crippen molar-refractivity contribution in [2.45, 2.75) is 17.7 Å². The molecule has 0 aliphatic carbocycles. The highest BCUT2D eigenvalue weighted by Gasteiger charge is 2.29. The lowest BCUT2D eigenvalue weighted by Gasteiger charge is -2.26. The van der Waals surface area contributed by atoms with Crippen LogP contribution in [0.25, 0.3) is 6.08 Å². The van der Waals surface area contributed by atoms with E-state index in [-0.39, 0.29) is 6.29 Å². The summed E-state index contributed by atoms with van der Waals surface area (Å²) in [5, 5.41) is 0.368. The Morgan fingerprint density at radius 3 is 2.27 bits per heavy atom. The first-order chi connectivity index (χ1) is 10.5. The summed E-state index contributed by atoms with van der Waals surface area (Å²) < 4.78 is 48.3. The van der Waals surface area contributed by atoms with Crippen LogP contribution < -0.4 is 0 Å². The number of halogens is 3. The molecule has 2 rings (SSSR count). The van der Waals surface area contributed by atoms with E-state index < -0.39 is 11.7 Å². The van der Waals surface area contributed by atoms with Gasteiger partial charge in [-0.05, 0) is 30.0 Å².